The number of hydrogen-bond acceptors (Lipinski definition) is 5. The van der Waals surface area contributed by atoms with Gasteiger partial charge in [0.05, 0.1) is 11.7 Å². The van der Waals surface area contributed by atoms with E-state index in [2.05, 4.69) is 54.1 Å². The molecule has 0 aliphatic carbocycles. The Morgan fingerprint density at radius 2 is 1.47 bits per heavy atom. The molecule has 0 saturated carbocycles. The fourth-order valence-corrected chi connectivity index (χ4v) is 8.40. The molecule has 1 aliphatic rings. The van der Waals surface area contributed by atoms with Gasteiger partial charge >= 0.3 is 5.69 Å². The third-order valence-corrected chi connectivity index (χ3v) is 11.2. The number of aryl methyl sites for hydroxylation is 3. The molecule has 276 valence electrons. The first kappa shape index (κ1) is 35.5. The first-order valence-electron chi connectivity index (χ1n) is 18.6. The molecule has 55 heavy (non-hydrogen) atoms. The second-order valence-corrected chi connectivity index (χ2v) is 14.6. The number of amides is 1. The smallest absolute Gasteiger partial charge is 0.338 e. The van der Waals surface area contributed by atoms with Crippen LogP contribution < -0.4 is 11.2 Å². The number of carbonyl (C=O) groups is 1. The van der Waals surface area contributed by atoms with E-state index < -0.39 is 23.2 Å². The van der Waals surface area contributed by atoms with Crippen LogP contribution in [0.15, 0.2) is 130 Å². The van der Waals surface area contributed by atoms with Gasteiger partial charge in [0, 0.05) is 66.2 Å². The van der Waals surface area contributed by atoms with Crippen LogP contribution in [-0.4, -0.2) is 48.4 Å². The van der Waals surface area contributed by atoms with Gasteiger partial charge in [-0.1, -0.05) is 90.5 Å². The van der Waals surface area contributed by atoms with Crippen LogP contribution in [0, 0.1) is 13.8 Å². The van der Waals surface area contributed by atoms with Crippen molar-refractivity contribution in [2.45, 2.75) is 39.2 Å². The molecule has 9 heteroatoms. The Morgan fingerprint density at radius 1 is 0.764 bits per heavy atom. The number of para-hydroxylation sites is 1. The number of benzene rings is 5. The molecule has 1 amide bonds. The number of rotatable bonds is 8. The topological polar surface area (TPSA) is 102 Å². The predicted octanol–water partition coefficient (Wildman–Crippen LogP) is 7.54. The Hall–Kier alpha value is -6.48. The number of aliphatic imine (C=N–C) groups is 1. The van der Waals surface area contributed by atoms with Gasteiger partial charge < -0.3 is 14.6 Å². The fraction of sp³-hybridized carbons (Fsp3) is 0.217. The maximum Gasteiger partial charge on any atom is 0.338 e. The van der Waals surface area contributed by atoms with E-state index in [9.17, 15) is 19.5 Å². The number of aromatic nitrogens is 3. The van der Waals surface area contributed by atoms with E-state index in [1.165, 1.54) is 7.05 Å². The predicted molar refractivity (Wildman–Crippen MR) is 219 cm³/mol. The third-order valence-electron chi connectivity index (χ3n) is 11.2. The van der Waals surface area contributed by atoms with Crippen molar-refractivity contribution in [1.82, 2.24) is 18.6 Å². The van der Waals surface area contributed by atoms with Crippen LogP contribution in [0.3, 0.4) is 0 Å². The van der Waals surface area contributed by atoms with Gasteiger partial charge in [0.25, 0.3) is 11.5 Å². The number of fused-ring (bicyclic) bond motifs is 4. The Bertz CT molecular complexity index is 2790. The molecule has 0 bridgehead atoms. The molecule has 0 radical (unpaired) electrons. The lowest BCUT2D eigenvalue weighted by molar-refractivity contribution is 0.0614. The quantitative estimate of drug-likeness (QED) is 0.164. The number of aromatic hydroxyl groups is 1. The number of hydrogen-bond donors (Lipinski definition) is 1. The highest BCUT2D eigenvalue weighted by molar-refractivity contribution is 6.08. The van der Waals surface area contributed by atoms with Crippen LogP contribution in [0.5, 0.6) is 5.88 Å². The van der Waals surface area contributed by atoms with Crippen LogP contribution >= 0.6 is 0 Å². The van der Waals surface area contributed by atoms with Gasteiger partial charge in [0.15, 0.2) is 0 Å². The lowest BCUT2D eigenvalue weighted by Gasteiger charge is -2.42. The highest BCUT2D eigenvalue weighted by Crippen LogP contribution is 2.44. The second-order valence-electron chi connectivity index (χ2n) is 14.6. The van der Waals surface area contributed by atoms with Gasteiger partial charge in [0.1, 0.15) is 5.56 Å². The van der Waals surface area contributed by atoms with E-state index in [1.54, 1.807) is 13.0 Å². The molecule has 7 aromatic rings. The molecule has 0 saturated heterocycles. The van der Waals surface area contributed by atoms with Crippen LogP contribution in [0.25, 0.3) is 27.5 Å². The lowest BCUT2D eigenvalue weighted by atomic mass is 9.79. The molecule has 8 rings (SSSR count). The van der Waals surface area contributed by atoms with Gasteiger partial charge in [-0.25, -0.2) is 9.36 Å². The minimum absolute atomic E-state index is 0.0430. The van der Waals surface area contributed by atoms with Crippen LogP contribution in [0.1, 0.15) is 62.6 Å². The van der Waals surface area contributed by atoms with Gasteiger partial charge in [-0.05, 0) is 79.8 Å². The molecule has 0 fully saturated rings. The summed E-state index contributed by atoms with van der Waals surface area (Å²) in [6, 6.07) is 37.8. The van der Waals surface area contributed by atoms with Crippen LogP contribution in [0.4, 0.5) is 0 Å². The molecule has 2 aromatic heterocycles. The monoisotopic (exact) mass is 729 g/mol. The first-order chi connectivity index (χ1) is 26.5. The maximum atomic E-state index is 14.6. The number of nitrogens with zero attached hydrogens (tertiary/aromatic N) is 5. The summed E-state index contributed by atoms with van der Waals surface area (Å²) in [6.45, 7) is 6.18. The number of carbonyl (C=O) groups excluding carboxylic acids is 1. The fourth-order valence-electron chi connectivity index (χ4n) is 8.40. The van der Waals surface area contributed by atoms with Gasteiger partial charge in [-0.3, -0.25) is 19.1 Å². The van der Waals surface area contributed by atoms with E-state index >= 15 is 0 Å². The van der Waals surface area contributed by atoms with Crippen molar-refractivity contribution < 1.29 is 9.90 Å². The van der Waals surface area contributed by atoms with Gasteiger partial charge in [0.2, 0.25) is 5.88 Å². The summed E-state index contributed by atoms with van der Waals surface area (Å²) in [7, 11) is 3.51. The van der Waals surface area contributed by atoms with Crippen molar-refractivity contribution in [1.29, 1.82) is 0 Å². The van der Waals surface area contributed by atoms with Crippen molar-refractivity contribution in [2.75, 3.05) is 13.1 Å². The summed E-state index contributed by atoms with van der Waals surface area (Å²) in [5.41, 5.74) is 7.01. The third kappa shape index (κ3) is 6.06. The highest BCUT2D eigenvalue weighted by Gasteiger charge is 2.40. The highest BCUT2D eigenvalue weighted by atomic mass is 16.3. The Morgan fingerprint density at radius 3 is 2.25 bits per heavy atom. The summed E-state index contributed by atoms with van der Waals surface area (Å²) >= 11 is 0. The van der Waals surface area contributed by atoms with E-state index in [4.69, 9.17) is 4.99 Å². The van der Waals surface area contributed by atoms with Gasteiger partial charge in [-0.2, -0.15) is 0 Å². The van der Waals surface area contributed by atoms with Crippen molar-refractivity contribution >= 4 is 33.4 Å². The average molecular weight is 730 g/mol. The summed E-state index contributed by atoms with van der Waals surface area (Å²) in [4.78, 5) is 49.2. The Balaban J connectivity index is 1.28. The summed E-state index contributed by atoms with van der Waals surface area (Å²) < 4.78 is 4.38. The van der Waals surface area contributed by atoms with E-state index in [0.717, 1.165) is 58.8 Å². The molecule has 3 heterocycles. The van der Waals surface area contributed by atoms with Crippen molar-refractivity contribution in [3.8, 4) is 11.6 Å². The summed E-state index contributed by atoms with van der Waals surface area (Å²) in [6.07, 6.45) is 0.667. The molecule has 1 aliphatic heterocycles. The van der Waals surface area contributed by atoms with E-state index in [1.807, 2.05) is 85.5 Å². The largest absolute Gasteiger partial charge is 0.494 e. The molecule has 2 atom stereocenters. The van der Waals surface area contributed by atoms with Crippen LogP contribution in [0.2, 0.25) is 0 Å². The molecule has 0 spiro atoms. The molecule has 1 N–H and O–H groups in total. The zero-order valence-corrected chi connectivity index (χ0v) is 31.7. The summed E-state index contributed by atoms with van der Waals surface area (Å²) in [5.74, 6) is -0.791. The maximum absolute atomic E-state index is 14.6. The van der Waals surface area contributed by atoms with Crippen molar-refractivity contribution in [3.63, 3.8) is 0 Å². The summed E-state index contributed by atoms with van der Waals surface area (Å²) in [5, 5.41) is 13.5. The van der Waals surface area contributed by atoms with E-state index in [-0.39, 0.29) is 23.9 Å². The molecular formula is C46H43N5O4. The molecular weight excluding hydrogens is 687 g/mol. The zero-order valence-electron chi connectivity index (χ0n) is 31.7. The van der Waals surface area contributed by atoms with Crippen LogP contribution in [-0.2, 0) is 20.5 Å². The Labute approximate surface area is 319 Å². The first-order valence-corrected chi connectivity index (χ1v) is 18.6. The Kier molecular flexibility index (Phi) is 9.09. The molecule has 5 aromatic carbocycles. The molecule has 9 nitrogen and oxygen atoms in total. The van der Waals surface area contributed by atoms with E-state index in [0.29, 0.717) is 29.9 Å². The van der Waals surface area contributed by atoms with Gasteiger partial charge in [-0.15, -0.1) is 0 Å². The van der Waals surface area contributed by atoms with Crippen molar-refractivity contribution in [2.24, 2.45) is 19.1 Å². The zero-order chi connectivity index (χ0) is 38.5. The normalized spacial score (nSPS) is 15.9. The minimum atomic E-state index is -0.649. The average Bonchev–Trinajstić information content (AvgIpc) is 3.48. The lowest BCUT2D eigenvalue weighted by Crippen LogP contribution is -2.44. The molecule has 0 unspecified atom stereocenters. The SMILES string of the molecule is CC(=NC[C@@H]1c2ccccc2C(=O)N(CCc2ccccc2)[C@@H]1c1ccc2c(c1)c1ccccc1n2C)c1c(O)n(C)c(=O)n(-c2ccc(C)cc2C)c1=O. The standard InChI is InChI=1S/C46H43N5O4/c1-28-19-21-38(29(2)25-28)51-45(54)41(44(53)49(5)46(51)55)30(3)47-27-37-33-15-9-10-17-35(33)43(52)50(24-23-31-13-7-6-8-14-31)42(37)32-20-22-40-36(26-32)34-16-11-12-18-39(34)48(40)4/h6-22,25-26,37,42,53H,23-24,27H2,1-5H3/t37-,42-/m1/s1. The second kappa shape index (κ2) is 14.1. The minimum Gasteiger partial charge on any atom is -0.494 e. The van der Waals surface area contributed by atoms with Crippen molar-refractivity contribution in [3.05, 3.63) is 175 Å².